The molecule has 1 aromatic carbocycles. The van der Waals surface area contributed by atoms with Crippen LogP contribution in [0.2, 0.25) is 0 Å². The van der Waals surface area contributed by atoms with Gasteiger partial charge in [0, 0.05) is 38.9 Å². The number of carbonyl (C=O) groups excluding carboxylic acids is 1. The molecule has 0 saturated carbocycles. The van der Waals surface area contributed by atoms with Crippen LogP contribution < -0.4 is 0 Å². The van der Waals surface area contributed by atoms with Gasteiger partial charge in [-0.3, -0.25) is 9.69 Å². The third-order valence-corrected chi connectivity index (χ3v) is 4.93. The number of carboxylic acids is 1. The van der Waals surface area contributed by atoms with Crippen molar-refractivity contribution in [1.82, 2.24) is 19.6 Å². The summed E-state index contributed by atoms with van der Waals surface area (Å²) in [6.07, 6.45) is 1.47. The van der Waals surface area contributed by atoms with Gasteiger partial charge in [-0.2, -0.15) is 5.10 Å². The van der Waals surface area contributed by atoms with Gasteiger partial charge in [0.15, 0.2) is 0 Å². The van der Waals surface area contributed by atoms with Gasteiger partial charge in [-0.05, 0) is 31.0 Å². The second-order valence-electron chi connectivity index (χ2n) is 6.67. The number of carboxylic acid groups (broad SMARTS) is 1. The number of aromatic nitrogens is 2. The minimum absolute atomic E-state index is 0.161. The third-order valence-electron chi connectivity index (χ3n) is 4.93. The van der Waals surface area contributed by atoms with Crippen molar-refractivity contribution in [1.29, 1.82) is 0 Å². The number of piperazine rings is 1. The highest BCUT2D eigenvalue weighted by molar-refractivity contribution is 5.93. The smallest absolute Gasteiger partial charge is 0.328 e. The topological polar surface area (TPSA) is 78.7 Å². The first kappa shape index (κ1) is 18.1. The van der Waals surface area contributed by atoms with Crippen molar-refractivity contribution >= 4 is 11.9 Å². The molecule has 1 saturated heterocycles. The molecule has 1 N–H and O–H groups in total. The largest absolute Gasteiger partial charge is 0.480 e. The predicted octanol–water partition coefficient (Wildman–Crippen LogP) is 1.80. The summed E-state index contributed by atoms with van der Waals surface area (Å²) in [4.78, 5) is 28.1. The normalized spacial score (nSPS) is 16.5. The van der Waals surface area contributed by atoms with E-state index in [0.29, 0.717) is 18.8 Å². The van der Waals surface area contributed by atoms with E-state index in [2.05, 4.69) is 29.1 Å². The highest BCUT2D eigenvalue weighted by Crippen LogP contribution is 2.16. The highest BCUT2D eigenvalue weighted by atomic mass is 16.4. The second kappa shape index (κ2) is 7.70. The summed E-state index contributed by atoms with van der Waals surface area (Å²) in [6.45, 7) is 7.34. The number of amides is 1. The van der Waals surface area contributed by atoms with Crippen molar-refractivity contribution in [2.24, 2.45) is 0 Å². The van der Waals surface area contributed by atoms with Crippen molar-refractivity contribution in [2.75, 3.05) is 26.2 Å². The monoisotopic (exact) mass is 356 g/mol. The van der Waals surface area contributed by atoms with E-state index < -0.39 is 12.0 Å². The van der Waals surface area contributed by atoms with E-state index in [1.165, 1.54) is 28.9 Å². The summed E-state index contributed by atoms with van der Waals surface area (Å²) in [5, 5.41) is 13.2. The summed E-state index contributed by atoms with van der Waals surface area (Å²) in [5.74, 6) is -1.17. The van der Waals surface area contributed by atoms with Crippen LogP contribution in [0, 0.1) is 6.92 Å². The fourth-order valence-electron chi connectivity index (χ4n) is 3.20. The highest BCUT2D eigenvalue weighted by Gasteiger charge is 2.27. The number of benzene rings is 1. The van der Waals surface area contributed by atoms with E-state index >= 15 is 0 Å². The molecule has 1 amide bonds. The quantitative estimate of drug-likeness (QED) is 0.884. The van der Waals surface area contributed by atoms with Crippen LogP contribution in [0.1, 0.15) is 34.6 Å². The van der Waals surface area contributed by atoms with E-state index in [1.54, 1.807) is 11.0 Å². The molecule has 0 spiro atoms. The molecule has 3 rings (SSSR count). The summed E-state index contributed by atoms with van der Waals surface area (Å²) in [6, 6.07) is 9.05. The fraction of sp³-hybridized carbons (Fsp3) is 0.421. The molecule has 138 valence electrons. The van der Waals surface area contributed by atoms with E-state index in [-0.39, 0.29) is 5.91 Å². The summed E-state index contributed by atoms with van der Waals surface area (Å²) in [7, 11) is 0. The van der Waals surface area contributed by atoms with Crippen molar-refractivity contribution in [3.8, 4) is 0 Å². The van der Waals surface area contributed by atoms with Crippen molar-refractivity contribution in [3.63, 3.8) is 0 Å². The van der Waals surface area contributed by atoms with Gasteiger partial charge in [0.25, 0.3) is 5.91 Å². The fourth-order valence-corrected chi connectivity index (χ4v) is 3.20. The lowest BCUT2D eigenvalue weighted by molar-refractivity contribution is -0.140. The first-order chi connectivity index (χ1) is 12.5. The molecule has 0 radical (unpaired) electrons. The van der Waals surface area contributed by atoms with E-state index in [0.717, 1.165) is 19.6 Å². The Labute approximate surface area is 152 Å². The number of hydrogen-bond donors (Lipinski definition) is 1. The van der Waals surface area contributed by atoms with Crippen LogP contribution in [0.15, 0.2) is 36.5 Å². The number of nitrogens with zero attached hydrogens (tertiary/aromatic N) is 4. The number of carbonyl (C=O) groups is 2. The van der Waals surface area contributed by atoms with Crippen LogP contribution in [0.4, 0.5) is 0 Å². The SMILES string of the molecule is Cc1ccccc1CN1CCN(C(=O)c2ccnn2C(C)C(=O)O)CC1. The molecule has 1 atom stereocenters. The number of aryl methyl sites for hydroxylation is 1. The summed E-state index contributed by atoms with van der Waals surface area (Å²) in [5.41, 5.74) is 2.91. The summed E-state index contributed by atoms with van der Waals surface area (Å²) < 4.78 is 1.28. The van der Waals surface area contributed by atoms with Gasteiger partial charge in [-0.15, -0.1) is 0 Å². The first-order valence-corrected chi connectivity index (χ1v) is 8.80. The molecule has 1 unspecified atom stereocenters. The molecule has 0 aliphatic carbocycles. The first-order valence-electron chi connectivity index (χ1n) is 8.80. The van der Waals surface area contributed by atoms with E-state index in [1.807, 2.05) is 12.1 Å². The average Bonchev–Trinajstić information content (AvgIpc) is 3.12. The second-order valence-corrected chi connectivity index (χ2v) is 6.67. The lowest BCUT2D eigenvalue weighted by Gasteiger charge is -2.35. The molecule has 7 heteroatoms. The lowest BCUT2D eigenvalue weighted by atomic mass is 10.1. The van der Waals surface area contributed by atoms with Gasteiger partial charge >= 0.3 is 5.97 Å². The molecular weight excluding hydrogens is 332 g/mol. The molecule has 1 aliphatic rings. The maximum atomic E-state index is 12.8. The minimum atomic E-state index is -1.01. The molecule has 2 aromatic rings. The maximum Gasteiger partial charge on any atom is 0.328 e. The minimum Gasteiger partial charge on any atom is -0.480 e. The Kier molecular flexibility index (Phi) is 5.37. The lowest BCUT2D eigenvalue weighted by Crippen LogP contribution is -2.48. The molecule has 1 aliphatic heterocycles. The Morgan fingerprint density at radius 1 is 1.15 bits per heavy atom. The third kappa shape index (κ3) is 3.77. The molecule has 2 heterocycles. The van der Waals surface area contributed by atoms with Gasteiger partial charge in [0.05, 0.1) is 0 Å². The van der Waals surface area contributed by atoms with Gasteiger partial charge in [-0.1, -0.05) is 24.3 Å². The zero-order valence-corrected chi connectivity index (χ0v) is 15.1. The van der Waals surface area contributed by atoms with Crippen LogP contribution in [0.3, 0.4) is 0 Å². The van der Waals surface area contributed by atoms with Crippen LogP contribution in [-0.4, -0.2) is 62.7 Å². The zero-order valence-electron chi connectivity index (χ0n) is 15.1. The van der Waals surface area contributed by atoms with E-state index in [4.69, 9.17) is 0 Å². The van der Waals surface area contributed by atoms with Crippen molar-refractivity contribution in [3.05, 3.63) is 53.3 Å². The Morgan fingerprint density at radius 2 is 1.85 bits per heavy atom. The Hall–Kier alpha value is -2.67. The van der Waals surface area contributed by atoms with Gasteiger partial charge < -0.3 is 10.0 Å². The maximum absolute atomic E-state index is 12.8. The average molecular weight is 356 g/mol. The van der Waals surface area contributed by atoms with Crippen LogP contribution in [-0.2, 0) is 11.3 Å². The van der Waals surface area contributed by atoms with Crippen molar-refractivity contribution < 1.29 is 14.7 Å². The predicted molar refractivity (Wildman–Crippen MR) is 96.9 cm³/mol. The Balaban J connectivity index is 1.62. The number of hydrogen-bond acceptors (Lipinski definition) is 4. The summed E-state index contributed by atoms with van der Waals surface area (Å²) >= 11 is 0. The molecule has 1 fully saturated rings. The molecule has 7 nitrogen and oxygen atoms in total. The van der Waals surface area contributed by atoms with E-state index in [9.17, 15) is 14.7 Å². The van der Waals surface area contributed by atoms with Gasteiger partial charge in [0.1, 0.15) is 11.7 Å². The van der Waals surface area contributed by atoms with Gasteiger partial charge in [0.2, 0.25) is 0 Å². The molecular formula is C19H24N4O3. The Morgan fingerprint density at radius 3 is 2.50 bits per heavy atom. The van der Waals surface area contributed by atoms with Gasteiger partial charge in [-0.25, -0.2) is 9.48 Å². The molecule has 26 heavy (non-hydrogen) atoms. The van der Waals surface area contributed by atoms with Crippen LogP contribution >= 0.6 is 0 Å². The van der Waals surface area contributed by atoms with Crippen LogP contribution in [0.25, 0.3) is 0 Å². The molecule has 1 aromatic heterocycles. The van der Waals surface area contributed by atoms with Crippen LogP contribution in [0.5, 0.6) is 0 Å². The Bertz CT molecular complexity index is 794. The standard InChI is InChI=1S/C19H24N4O3/c1-14-5-3-4-6-16(14)13-21-9-11-22(12-10-21)18(24)17-7-8-20-23(17)15(2)19(25)26/h3-8,15H,9-13H2,1-2H3,(H,25,26). The zero-order chi connectivity index (χ0) is 18.7. The number of aliphatic carboxylic acids is 1. The molecule has 0 bridgehead atoms. The van der Waals surface area contributed by atoms with Crippen molar-refractivity contribution in [2.45, 2.75) is 26.4 Å². The number of rotatable bonds is 5.